The molecule has 7 heteroatoms. The summed E-state index contributed by atoms with van der Waals surface area (Å²) in [4.78, 5) is 19.6. The van der Waals surface area contributed by atoms with E-state index in [1.165, 1.54) is 0 Å². The van der Waals surface area contributed by atoms with E-state index >= 15 is 0 Å². The number of hydrogen-bond acceptors (Lipinski definition) is 7. The number of anilines is 1. The van der Waals surface area contributed by atoms with Crippen molar-refractivity contribution in [3.63, 3.8) is 0 Å². The fourth-order valence-electron chi connectivity index (χ4n) is 2.78. The lowest BCUT2D eigenvalue weighted by atomic mass is 10.1. The van der Waals surface area contributed by atoms with E-state index in [1.807, 2.05) is 25.6 Å². The van der Waals surface area contributed by atoms with Crippen molar-refractivity contribution in [2.75, 3.05) is 26.0 Å². The van der Waals surface area contributed by atoms with Crippen LogP contribution in [-0.2, 0) is 6.54 Å². The van der Waals surface area contributed by atoms with Gasteiger partial charge in [0.25, 0.3) is 0 Å². The highest BCUT2D eigenvalue weighted by atomic mass is 16.5. The van der Waals surface area contributed by atoms with Crippen molar-refractivity contribution in [1.82, 2.24) is 24.8 Å². The topological polar surface area (TPSA) is 76.1 Å². The van der Waals surface area contributed by atoms with Crippen molar-refractivity contribution >= 4 is 5.82 Å². The average molecular weight is 300 g/mol. The van der Waals surface area contributed by atoms with Crippen LogP contribution in [0.15, 0.2) is 24.8 Å². The van der Waals surface area contributed by atoms with Crippen LogP contribution in [0.25, 0.3) is 0 Å². The van der Waals surface area contributed by atoms with Crippen LogP contribution in [0.1, 0.15) is 30.1 Å². The second-order valence-corrected chi connectivity index (χ2v) is 5.29. The third-order valence-corrected chi connectivity index (χ3v) is 3.86. The molecule has 1 aliphatic rings. The number of aromatic nitrogens is 4. The largest absolute Gasteiger partial charge is 0.467 e. The third kappa shape index (κ3) is 3.14. The Morgan fingerprint density at radius 1 is 1.27 bits per heavy atom. The minimum Gasteiger partial charge on any atom is -0.467 e. The van der Waals surface area contributed by atoms with Gasteiger partial charge >= 0.3 is 6.01 Å². The highest BCUT2D eigenvalue weighted by molar-refractivity contribution is 5.31. The van der Waals surface area contributed by atoms with Crippen molar-refractivity contribution in [2.45, 2.75) is 25.4 Å². The maximum absolute atomic E-state index is 4.99. The number of rotatable bonds is 5. The van der Waals surface area contributed by atoms with Crippen LogP contribution in [0, 0.1) is 0 Å². The van der Waals surface area contributed by atoms with Gasteiger partial charge in [-0.15, -0.1) is 0 Å². The summed E-state index contributed by atoms with van der Waals surface area (Å²) >= 11 is 0. The van der Waals surface area contributed by atoms with E-state index in [0.29, 0.717) is 12.1 Å². The first-order valence-electron chi connectivity index (χ1n) is 7.39. The summed E-state index contributed by atoms with van der Waals surface area (Å²) in [6.07, 6.45) is 9.48. The lowest BCUT2D eigenvalue weighted by Gasteiger charge is -2.23. The van der Waals surface area contributed by atoms with Crippen LogP contribution in [-0.4, -0.2) is 45.5 Å². The van der Waals surface area contributed by atoms with E-state index in [-0.39, 0.29) is 0 Å². The molecule has 1 atom stereocenters. The van der Waals surface area contributed by atoms with Gasteiger partial charge in [0, 0.05) is 31.5 Å². The second-order valence-electron chi connectivity index (χ2n) is 5.29. The summed E-state index contributed by atoms with van der Waals surface area (Å²) in [7, 11) is 3.42. The molecule has 0 saturated carbocycles. The molecule has 116 valence electrons. The number of nitrogens with one attached hydrogen (secondary N) is 1. The summed E-state index contributed by atoms with van der Waals surface area (Å²) in [6.45, 7) is 1.85. The summed E-state index contributed by atoms with van der Waals surface area (Å²) in [5, 5.41) is 3.04. The second kappa shape index (κ2) is 6.65. The minimum atomic E-state index is 0.294. The third-order valence-electron chi connectivity index (χ3n) is 3.86. The standard InChI is InChI=1S/C15H20N6O/c1-16-14-9-17-8-12(20-14)13-4-3-5-21(13)10-11-6-18-15(22-2)19-7-11/h6-9,13H,3-5,10H2,1-2H3,(H,16,20)/t13-/m0/s1. The zero-order valence-electron chi connectivity index (χ0n) is 12.9. The lowest BCUT2D eigenvalue weighted by molar-refractivity contribution is 0.243. The summed E-state index contributed by atoms with van der Waals surface area (Å²) in [5.74, 6) is 0.803. The molecular formula is C15H20N6O. The van der Waals surface area contributed by atoms with E-state index in [9.17, 15) is 0 Å². The Morgan fingerprint density at radius 2 is 2.09 bits per heavy atom. The van der Waals surface area contributed by atoms with Gasteiger partial charge in [-0.25, -0.2) is 15.0 Å². The molecule has 1 fully saturated rings. The SMILES string of the molecule is CNc1cncc([C@@H]2CCCN2Cc2cnc(OC)nc2)n1. The highest BCUT2D eigenvalue weighted by Gasteiger charge is 2.27. The summed E-state index contributed by atoms with van der Waals surface area (Å²) in [6, 6.07) is 0.692. The van der Waals surface area contributed by atoms with Gasteiger partial charge in [0.05, 0.1) is 31.2 Å². The molecule has 3 rings (SSSR count). The normalized spacial score (nSPS) is 18.4. The van der Waals surface area contributed by atoms with Gasteiger partial charge in [-0.3, -0.25) is 9.88 Å². The molecule has 0 unspecified atom stereocenters. The zero-order chi connectivity index (χ0) is 15.4. The maximum Gasteiger partial charge on any atom is 0.316 e. The molecule has 0 aliphatic carbocycles. The predicted octanol–water partition coefficient (Wildman–Crippen LogP) is 1.65. The van der Waals surface area contributed by atoms with Gasteiger partial charge in [-0.1, -0.05) is 0 Å². The van der Waals surface area contributed by atoms with Crippen molar-refractivity contribution < 1.29 is 4.74 Å². The van der Waals surface area contributed by atoms with E-state index < -0.39 is 0 Å². The van der Waals surface area contributed by atoms with E-state index in [2.05, 4.69) is 30.2 Å². The molecule has 1 N–H and O–H groups in total. The van der Waals surface area contributed by atoms with Crippen LogP contribution >= 0.6 is 0 Å². The number of likely N-dealkylation sites (tertiary alicyclic amines) is 1. The number of ether oxygens (including phenoxy) is 1. The van der Waals surface area contributed by atoms with Gasteiger partial charge in [0.15, 0.2) is 0 Å². The molecule has 2 aromatic heterocycles. The molecule has 0 radical (unpaired) electrons. The van der Waals surface area contributed by atoms with Crippen LogP contribution in [0.2, 0.25) is 0 Å². The Labute approximate surface area is 129 Å². The first kappa shape index (κ1) is 14.6. The maximum atomic E-state index is 4.99. The van der Waals surface area contributed by atoms with Crippen molar-refractivity contribution in [3.05, 3.63) is 36.0 Å². The zero-order valence-corrected chi connectivity index (χ0v) is 12.9. The predicted molar refractivity (Wildman–Crippen MR) is 82.5 cm³/mol. The number of hydrogen-bond donors (Lipinski definition) is 1. The first-order valence-corrected chi connectivity index (χ1v) is 7.39. The Balaban J connectivity index is 1.74. The number of nitrogens with zero attached hydrogens (tertiary/aromatic N) is 5. The van der Waals surface area contributed by atoms with Crippen LogP contribution in [0.3, 0.4) is 0 Å². The fourth-order valence-corrected chi connectivity index (χ4v) is 2.78. The highest BCUT2D eigenvalue weighted by Crippen LogP contribution is 2.32. The molecule has 7 nitrogen and oxygen atoms in total. The Bertz CT molecular complexity index is 618. The molecular weight excluding hydrogens is 280 g/mol. The van der Waals surface area contributed by atoms with Crippen LogP contribution < -0.4 is 10.1 Å². The van der Waals surface area contributed by atoms with E-state index in [0.717, 1.165) is 43.0 Å². The van der Waals surface area contributed by atoms with E-state index in [1.54, 1.807) is 13.3 Å². The molecule has 0 bridgehead atoms. The van der Waals surface area contributed by atoms with E-state index in [4.69, 9.17) is 4.74 Å². The average Bonchev–Trinajstić information content (AvgIpc) is 3.04. The van der Waals surface area contributed by atoms with Crippen molar-refractivity contribution in [2.24, 2.45) is 0 Å². The fraction of sp³-hybridized carbons (Fsp3) is 0.467. The molecule has 2 aromatic rings. The lowest BCUT2D eigenvalue weighted by Crippen LogP contribution is -2.24. The summed E-state index contributed by atoms with van der Waals surface area (Å²) in [5.41, 5.74) is 2.09. The molecule has 0 spiro atoms. The van der Waals surface area contributed by atoms with Gasteiger partial charge in [-0.05, 0) is 19.4 Å². The van der Waals surface area contributed by atoms with Gasteiger partial charge in [-0.2, -0.15) is 0 Å². The molecule has 22 heavy (non-hydrogen) atoms. The van der Waals surface area contributed by atoms with Gasteiger partial charge < -0.3 is 10.1 Å². The van der Waals surface area contributed by atoms with Crippen LogP contribution in [0.4, 0.5) is 5.82 Å². The monoisotopic (exact) mass is 300 g/mol. The Morgan fingerprint density at radius 3 is 2.82 bits per heavy atom. The smallest absolute Gasteiger partial charge is 0.316 e. The molecule has 0 amide bonds. The molecule has 1 saturated heterocycles. The van der Waals surface area contributed by atoms with Gasteiger partial charge in [0.2, 0.25) is 0 Å². The minimum absolute atomic E-state index is 0.294. The van der Waals surface area contributed by atoms with Crippen LogP contribution in [0.5, 0.6) is 6.01 Å². The van der Waals surface area contributed by atoms with Crippen molar-refractivity contribution in [1.29, 1.82) is 0 Å². The van der Waals surface area contributed by atoms with Crippen molar-refractivity contribution in [3.8, 4) is 6.01 Å². The first-order chi connectivity index (χ1) is 10.8. The number of methoxy groups -OCH3 is 1. The molecule has 3 heterocycles. The molecule has 1 aliphatic heterocycles. The summed E-state index contributed by atoms with van der Waals surface area (Å²) < 4.78 is 4.99. The quantitative estimate of drug-likeness (QED) is 0.899. The molecule has 0 aromatic carbocycles. The Hall–Kier alpha value is -2.28. The van der Waals surface area contributed by atoms with Gasteiger partial charge in [0.1, 0.15) is 5.82 Å². The Kier molecular flexibility index (Phi) is 4.43.